The second-order valence-electron chi connectivity index (χ2n) is 3.44. The van der Waals surface area contributed by atoms with Gasteiger partial charge in [0.05, 0.1) is 0 Å². The summed E-state index contributed by atoms with van der Waals surface area (Å²) >= 11 is 0. The maximum absolute atomic E-state index is 11.3. The molecule has 3 heteroatoms. The highest BCUT2D eigenvalue weighted by atomic mass is 16.2. The molecular formula is C12H16N2O. The van der Waals surface area contributed by atoms with E-state index < -0.39 is 0 Å². The summed E-state index contributed by atoms with van der Waals surface area (Å²) in [7, 11) is 0. The molecule has 1 aromatic carbocycles. The number of carbonyl (C=O) groups excluding carboxylic acids is 1. The first-order valence-corrected chi connectivity index (χ1v) is 4.86. The fourth-order valence-corrected chi connectivity index (χ4v) is 1.29. The van der Waals surface area contributed by atoms with E-state index in [9.17, 15) is 4.79 Å². The first-order chi connectivity index (χ1) is 7.13. The fourth-order valence-electron chi connectivity index (χ4n) is 1.29. The molecule has 0 aliphatic rings. The van der Waals surface area contributed by atoms with Crippen molar-refractivity contribution in [2.24, 2.45) is 0 Å². The van der Waals surface area contributed by atoms with Gasteiger partial charge >= 0.3 is 6.03 Å². The maximum atomic E-state index is 11.3. The Labute approximate surface area is 90.2 Å². The molecule has 0 saturated carbocycles. The van der Waals surface area contributed by atoms with Crippen LogP contribution < -0.4 is 10.6 Å². The number of anilines is 1. The topological polar surface area (TPSA) is 41.1 Å². The zero-order chi connectivity index (χ0) is 11.3. The molecule has 0 saturated heterocycles. The van der Waals surface area contributed by atoms with Crippen molar-refractivity contribution in [3.05, 3.63) is 42.0 Å². The normalized spacial score (nSPS) is 9.47. The Morgan fingerprint density at radius 2 is 2.20 bits per heavy atom. The number of hydrogen-bond acceptors (Lipinski definition) is 1. The van der Waals surface area contributed by atoms with Crippen LogP contribution in [0.3, 0.4) is 0 Å². The Kier molecular flexibility index (Phi) is 3.92. The zero-order valence-corrected chi connectivity index (χ0v) is 9.13. The molecule has 0 aliphatic heterocycles. The largest absolute Gasteiger partial charge is 0.334 e. The van der Waals surface area contributed by atoms with Crippen LogP contribution in [0.25, 0.3) is 0 Å². The Balaban J connectivity index is 2.64. The lowest BCUT2D eigenvalue weighted by Crippen LogP contribution is -2.28. The second kappa shape index (κ2) is 5.20. The first-order valence-electron chi connectivity index (χ1n) is 4.86. The maximum Gasteiger partial charge on any atom is 0.319 e. The van der Waals surface area contributed by atoms with Gasteiger partial charge in [-0.15, -0.1) is 6.58 Å². The average Bonchev–Trinajstić information content (AvgIpc) is 2.19. The molecule has 0 aromatic heterocycles. The van der Waals surface area contributed by atoms with Gasteiger partial charge < -0.3 is 10.6 Å². The third kappa shape index (κ3) is 3.46. The molecule has 0 fully saturated rings. The lowest BCUT2D eigenvalue weighted by molar-refractivity contribution is 0.253. The van der Waals surface area contributed by atoms with E-state index in [1.54, 1.807) is 6.08 Å². The van der Waals surface area contributed by atoms with E-state index in [0.29, 0.717) is 6.54 Å². The molecule has 1 aromatic rings. The fraction of sp³-hybridized carbons (Fsp3) is 0.250. The van der Waals surface area contributed by atoms with Gasteiger partial charge in [0.25, 0.3) is 0 Å². The van der Waals surface area contributed by atoms with E-state index >= 15 is 0 Å². The van der Waals surface area contributed by atoms with Crippen LogP contribution in [0.1, 0.15) is 11.1 Å². The molecule has 0 bridgehead atoms. The number of carbonyl (C=O) groups is 1. The minimum absolute atomic E-state index is 0.207. The van der Waals surface area contributed by atoms with Crippen LogP contribution in [0.4, 0.5) is 10.5 Å². The highest BCUT2D eigenvalue weighted by molar-refractivity contribution is 5.90. The monoisotopic (exact) mass is 204 g/mol. The van der Waals surface area contributed by atoms with Gasteiger partial charge in [0, 0.05) is 12.2 Å². The van der Waals surface area contributed by atoms with E-state index in [2.05, 4.69) is 17.2 Å². The van der Waals surface area contributed by atoms with Crippen LogP contribution in [-0.4, -0.2) is 12.6 Å². The van der Waals surface area contributed by atoms with Crippen molar-refractivity contribution >= 4 is 11.7 Å². The number of amides is 2. The molecule has 0 unspecified atom stereocenters. The van der Waals surface area contributed by atoms with E-state index in [0.717, 1.165) is 11.3 Å². The van der Waals surface area contributed by atoms with Crippen LogP contribution in [0.5, 0.6) is 0 Å². The summed E-state index contributed by atoms with van der Waals surface area (Å²) in [5.74, 6) is 0. The number of nitrogens with one attached hydrogen (secondary N) is 2. The summed E-state index contributed by atoms with van der Waals surface area (Å²) < 4.78 is 0. The summed E-state index contributed by atoms with van der Waals surface area (Å²) in [6.07, 6.45) is 1.64. The summed E-state index contributed by atoms with van der Waals surface area (Å²) in [5, 5.41) is 5.43. The standard InChI is InChI=1S/C12H16N2O/c1-4-7-13-12(15)14-11-6-5-9(2)8-10(11)3/h4-6,8H,1,7H2,2-3H3,(H2,13,14,15). The minimum atomic E-state index is -0.207. The predicted octanol–water partition coefficient (Wildman–Crippen LogP) is 2.61. The summed E-state index contributed by atoms with van der Waals surface area (Å²) in [4.78, 5) is 11.3. The van der Waals surface area contributed by atoms with E-state index in [1.165, 1.54) is 5.56 Å². The lowest BCUT2D eigenvalue weighted by Gasteiger charge is -2.09. The van der Waals surface area contributed by atoms with Gasteiger partial charge in [0.1, 0.15) is 0 Å². The number of benzene rings is 1. The minimum Gasteiger partial charge on any atom is -0.334 e. The lowest BCUT2D eigenvalue weighted by atomic mass is 10.1. The van der Waals surface area contributed by atoms with E-state index in [1.807, 2.05) is 32.0 Å². The summed E-state index contributed by atoms with van der Waals surface area (Å²) in [5.41, 5.74) is 3.08. The molecule has 0 heterocycles. The number of urea groups is 1. The first kappa shape index (κ1) is 11.3. The molecule has 0 radical (unpaired) electrons. The van der Waals surface area contributed by atoms with Crippen LogP contribution in [-0.2, 0) is 0 Å². The molecule has 3 nitrogen and oxygen atoms in total. The SMILES string of the molecule is C=CCNC(=O)Nc1ccc(C)cc1C. The number of rotatable bonds is 3. The van der Waals surface area contributed by atoms with Crippen molar-refractivity contribution in [2.45, 2.75) is 13.8 Å². The van der Waals surface area contributed by atoms with Gasteiger partial charge in [0.2, 0.25) is 0 Å². The highest BCUT2D eigenvalue weighted by Gasteiger charge is 2.02. The zero-order valence-electron chi connectivity index (χ0n) is 9.13. The third-order valence-corrected chi connectivity index (χ3v) is 2.04. The molecule has 2 amide bonds. The van der Waals surface area contributed by atoms with Crippen LogP contribution in [0.15, 0.2) is 30.9 Å². The van der Waals surface area contributed by atoms with Gasteiger partial charge in [0.15, 0.2) is 0 Å². The van der Waals surface area contributed by atoms with Crippen LogP contribution in [0.2, 0.25) is 0 Å². The Hall–Kier alpha value is -1.77. The van der Waals surface area contributed by atoms with Crippen molar-refractivity contribution in [3.63, 3.8) is 0 Å². The van der Waals surface area contributed by atoms with Crippen molar-refractivity contribution in [1.82, 2.24) is 5.32 Å². The molecule has 1 rings (SSSR count). The third-order valence-electron chi connectivity index (χ3n) is 2.04. The summed E-state index contributed by atoms with van der Waals surface area (Å²) in [6, 6.07) is 5.69. The Morgan fingerprint density at radius 3 is 2.80 bits per heavy atom. The van der Waals surface area contributed by atoms with Gasteiger partial charge in [-0.05, 0) is 25.5 Å². The van der Waals surface area contributed by atoms with Crippen molar-refractivity contribution in [3.8, 4) is 0 Å². The molecular weight excluding hydrogens is 188 g/mol. The van der Waals surface area contributed by atoms with E-state index in [-0.39, 0.29) is 6.03 Å². The quantitative estimate of drug-likeness (QED) is 0.730. The van der Waals surface area contributed by atoms with Crippen molar-refractivity contribution < 1.29 is 4.79 Å². The molecule has 2 N–H and O–H groups in total. The van der Waals surface area contributed by atoms with Gasteiger partial charge in [-0.2, -0.15) is 0 Å². The van der Waals surface area contributed by atoms with Crippen molar-refractivity contribution in [2.75, 3.05) is 11.9 Å². The van der Waals surface area contributed by atoms with Crippen LogP contribution >= 0.6 is 0 Å². The molecule has 0 spiro atoms. The second-order valence-corrected chi connectivity index (χ2v) is 3.44. The van der Waals surface area contributed by atoms with Gasteiger partial charge in [-0.1, -0.05) is 23.8 Å². The average molecular weight is 204 g/mol. The molecule has 0 aliphatic carbocycles. The summed E-state index contributed by atoms with van der Waals surface area (Å²) in [6.45, 7) is 7.99. The molecule has 80 valence electrons. The highest BCUT2D eigenvalue weighted by Crippen LogP contribution is 2.15. The predicted molar refractivity (Wildman–Crippen MR) is 63.1 cm³/mol. The smallest absolute Gasteiger partial charge is 0.319 e. The van der Waals surface area contributed by atoms with Gasteiger partial charge in [-0.25, -0.2) is 4.79 Å². The molecule has 15 heavy (non-hydrogen) atoms. The van der Waals surface area contributed by atoms with Crippen LogP contribution in [0, 0.1) is 13.8 Å². The van der Waals surface area contributed by atoms with Crippen molar-refractivity contribution in [1.29, 1.82) is 0 Å². The van der Waals surface area contributed by atoms with E-state index in [4.69, 9.17) is 0 Å². The Bertz CT molecular complexity index is 372. The number of aryl methyl sites for hydroxylation is 2. The number of hydrogen-bond donors (Lipinski definition) is 2. The molecule has 0 atom stereocenters. The Morgan fingerprint density at radius 1 is 1.47 bits per heavy atom. The van der Waals surface area contributed by atoms with Gasteiger partial charge in [-0.3, -0.25) is 0 Å².